The molecule has 0 amide bonds. The highest BCUT2D eigenvalue weighted by Crippen LogP contribution is 2.03. The summed E-state index contributed by atoms with van der Waals surface area (Å²) in [7, 11) is 1.78. The number of rotatable bonds is 8. The third-order valence-corrected chi connectivity index (χ3v) is 1.91. The van der Waals surface area contributed by atoms with Gasteiger partial charge in [0.15, 0.2) is 0 Å². The highest BCUT2D eigenvalue weighted by molar-refractivity contribution is 4.59. The van der Waals surface area contributed by atoms with Gasteiger partial charge in [-0.15, -0.1) is 0 Å². The Morgan fingerprint density at radius 2 is 2.08 bits per heavy atom. The monoisotopic (exact) mass is 174 g/mol. The van der Waals surface area contributed by atoms with Crippen LogP contribution in [0.1, 0.15) is 26.2 Å². The number of hydrogen-bond donors (Lipinski definition) is 2. The molecule has 0 fully saturated rings. The molecule has 0 saturated carbocycles. The van der Waals surface area contributed by atoms with Crippen LogP contribution in [-0.4, -0.2) is 32.8 Å². The van der Waals surface area contributed by atoms with Crippen LogP contribution in [0.2, 0.25) is 0 Å². The minimum atomic E-state index is 0.417. The maximum atomic E-state index is 5.34. The number of hydrogen-bond acceptors (Lipinski definition) is 3. The van der Waals surface area contributed by atoms with Crippen LogP contribution in [0, 0.1) is 0 Å². The van der Waals surface area contributed by atoms with Crippen molar-refractivity contribution in [1.29, 1.82) is 0 Å². The zero-order valence-electron chi connectivity index (χ0n) is 8.31. The van der Waals surface area contributed by atoms with E-state index in [1.807, 2.05) is 0 Å². The van der Waals surface area contributed by atoms with Crippen LogP contribution < -0.4 is 11.1 Å². The molecule has 1 atom stereocenters. The molecule has 74 valence electrons. The van der Waals surface area contributed by atoms with E-state index in [9.17, 15) is 0 Å². The Morgan fingerprint density at radius 1 is 1.33 bits per heavy atom. The molecule has 0 aliphatic rings. The second-order valence-electron chi connectivity index (χ2n) is 2.97. The normalized spacial score (nSPS) is 13.2. The van der Waals surface area contributed by atoms with Crippen molar-refractivity contribution in [2.24, 2.45) is 5.73 Å². The average molecular weight is 174 g/mol. The van der Waals surface area contributed by atoms with Crippen molar-refractivity contribution in [3.05, 3.63) is 0 Å². The van der Waals surface area contributed by atoms with Crippen LogP contribution in [0.3, 0.4) is 0 Å². The van der Waals surface area contributed by atoms with Crippen molar-refractivity contribution in [2.75, 3.05) is 26.7 Å². The van der Waals surface area contributed by atoms with Crippen LogP contribution in [0.5, 0.6) is 0 Å². The van der Waals surface area contributed by atoms with Gasteiger partial charge >= 0.3 is 0 Å². The summed E-state index contributed by atoms with van der Waals surface area (Å²) in [6.07, 6.45) is 3.85. The van der Waals surface area contributed by atoms with Gasteiger partial charge in [-0.1, -0.05) is 13.3 Å². The first kappa shape index (κ1) is 11.9. The van der Waals surface area contributed by atoms with E-state index in [-0.39, 0.29) is 0 Å². The third-order valence-electron chi connectivity index (χ3n) is 1.91. The predicted molar refractivity (Wildman–Crippen MR) is 52.2 cm³/mol. The smallest absolute Gasteiger partial charge is 0.0583 e. The SMILES string of the molecule is CCCC(CCNCCN)OC. The topological polar surface area (TPSA) is 47.3 Å². The highest BCUT2D eigenvalue weighted by Gasteiger charge is 2.03. The van der Waals surface area contributed by atoms with Gasteiger partial charge in [-0.05, 0) is 19.4 Å². The molecule has 0 bridgehead atoms. The van der Waals surface area contributed by atoms with E-state index < -0.39 is 0 Å². The molecule has 1 unspecified atom stereocenters. The van der Waals surface area contributed by atoms with Gasteiger partial charge < -0.3 is 15.8 Å². The van der Waals surface area contributed by atoms with Gasteiger partial charge in [0.2, 0.25) is 0 Å². The van der Waals surface area contributed by atoms with Gasteiger partial charge in [0.1, 0.15) is 0 Å². The van der Waals surface area contributed by atoms with Crippen LogP contribution in [-0.2, 0) is 4.74 Å². The summed E-state index contributed by atoms with van der Waals surface area (Å²) in [6.45, 7) is 4.81. The second kappa shape index (κ2) is 8.97. The molecule has 3 N–H and O–H groups in total. The molecule has 0 aromatic heterocycles. The van der Waals surface area contributed by atoms with Crippen molar-refractivity contribution in [3.63, 3.8) is 0 Å². The average Bonchev–Trinajstić information content (AvgIpc) is 2.10. The van der Waals surface area contributed by atoms with Crippen LogP contribution in [0.15, 0.2) is 0 Å². The molecule has 0 aliphatic heterocycles. The zero-order valence-corrected chi connectivity index (χ0v) is 8.31. The van der Waals surface area contributed by atoms with Gasteiger partial charge in [0.05, 0.1) is 6.10 Å². The molecule has 0 saturated heterocycles. The molecule has 3 nitrogen and oxygen atoms in total. The summed E-state index contributed by atoms with van der Waals surface area (Å²) in [5.41, 5.74) is 5.34. The Kier molecular flexibility index (Phi) is 8.88. The number of nitrogens with two attached hydrogens (primary N) is 1. The van der Waals surface area contributed by atoms with Gasteiger partial charge in [-0.25, -0.2) is 0 Å². The highest BCUT2D eigenvalue weighted by atomic mass is 16.5. The van der Waals surface area contributed by atoms with Crippen molar-refractivity contribution in [1.82, 2.24) is 5.32 Å². The largest absolute Gasteiger partial charge is 0.381 e. The minimum Gasteiger partial charge on any atom is -0.381 e. The molecular weight excluding hydrogens is 152 g/mol. The number of nitrogens with one attached hydrogen (secondary N) is 1. The number of methoxy groups -OCH3 is 1. The van der Waals surface area contributed by atoms with Crippen molar-refractivity contribution < 1.29 is 4.74 Å². The lowest BCUT2D eigenvalue weighted by molar-refractivity contribution is 0.0875. The fraction of sp³-hybridized carbons (Fsp3) is 1.00. The molecule has 0 spiro atoms. The lowest BCUT2D eigenvalue weighted by Gasteiger charge is -2.14. The third kappa shape index (κ3) is 6.58. The molecule has 0 rings (SSSR count). The fourth-order valence-electron chi connectivity index (χ4n) is 1.19. The summed E-state index contributed by atoms with van der Waals surface area (Å²) in [5, 5.41) is 3.25. The molecule has 0 heterocycles. The van der Waals surface area contributed by atoms with Gasteiger partial charge in [-0.2, -0.15) is 0 Å². The van der Waals surface area contributed by atoms with Gasteiger partial charge in [0.25, 0.3) is 0 Å². The standard InChI is InChI=1S/C9H22N2O/c1-3-4-9(12-2)5-7-11-8-6-10/h9,11H,3-8,10H2,1-2H3. The maximum absolute atomic E-state index is 5.34. The van der Waals surface area contributed by atoms with E-state index in [0.717, 1.165) is 25.9 Å². The van der Waals surface area contributed by atoms with Gasteiger partial charge in [-0.3, -0.25) is 0 Å². The van der Waals surface area contributed by atoms with Gasteiger partial charge in [0, 0.05) is 20.2 Å². The van der Waals surface area contributed by atoms with Crippen molar-refractivity contribution >= 4 is 0 Å². The van der Waals surface area contributed by atoms with Crippen LogP contribution in [0.4, 0.5) is 0 Å². The second-order valence-corrected chi connectivity index (χ2v) is 2.97. The zero-order chi connectivity index (χ0) is 9.23. The molecule has 12 heavy (non-hydrogen) atoms. The molecule has 0 aromatic carbocycles. The first-order valence-corrected chi connectivity index (χ1v) is 4.78. The summed E-state index contributed by atoms with van der Waals surface area (Å²) in [6, 6.07) is 0. The summed E-state index contributed by atoms with van der Waals surface area (Å²) in [5.74, 6) is 0. The first-order chi connectivity index (χ1) is 5.85. The first-order valence-electron chi connectivity index (χ1n) is 4.78. The fourth-order valence-corrected chi connectivity index (χ4v) is 1.19. The Balaban J connectivity index is 3.19. The molecule has 0 aliphatic carbocycles. The Hall–Kier alpha value is -0.120. The van der Waals surface area contributed by atoms with Crippen molar-refractivity contribution in [3.8, 4) is 0 Å². The van der Waals surface area contributed by atoms with Crippen molar-refractivity contribution in [2.45, 2.75) is 32.3 Å². The number of ether oxygens (including phenoxy) is 1. The maximum Gasteiger partial charge on any atom is 0.0583 e. The minimum absolute atomic E-state index is 0.417. The van der Waals surface area contributed by atoms with Crippen LogP contribution >= 0.6 is 0 Å². The summed E-state index contributed by atoms with van der Waals surface area (Å²) in [4.78, 5) is 0. The van der Waals surface area contributed by atoms with E-state index in [1.165, 1.54) is 6.42 Å². The lowest BCUT2D eigenvalue weighted by atomic mass is 10.1. The molecular formula is C9H22N2O. The Bertz CT molecular complexity index is 88.6. The van der Waals surface area contributed by atoms with E-state index in [4.69, 9.17) is 10.5 Å². The van der Waals surface area contributed by atoms with E-state index in [2.05, 4.69) is 12.2 Å². The summed E-state index contributed by atoms with van der Waals surface area (Å²) < 4.78 is 5.30. The van der Waals surface area contributed by atoms with E-state index in [0.29, 0.717) is 12.6 Å². The Labute approximate surface area is 75.7 Å². The summed E-state index contributed by atoms with van der Waals surface area (Å²) >= 11 is 0. The van der Waals surface area contributed by atoms with E-state index >= 15 is 0 Å². The van der Waals surface area contributed by atoms with E-state index in [1.54, 1.807) is 7.11 Å². The quantitative estimate of drug-likeness (QED) is 0.534. The molecule has 0 radical (unpaired) electrons. The predicted octanol–water partition coefficient (Wildman–Crippen LogP) is 0.740. The molecule has 3 heteroatoms. The molecule has 0 aromatic rings. The lowest BCUT2D eigenvalue weighted by Crippen LogP contribution is -2.26. The van der Waals surface area contributed by atoms with Crippen LogP contribution in [0.25, 0.3) is 0 Å². The Morgan fingerprint density at radius 3 is 2.58 bits per heavy atom.